The predicted molar refractivity (Wildman–Crippen MR) is 149 cm³/mol. The summed E-state index contributed by atoms with van der Waals surface area (Å²) in [7, 11) is -5.70. The molecular formula is C27H31F3INO4S. The number of hydrogen-bond acceptors (Lipinski definition) is 5. The lowest BCUT2D eigenvalue weighted by atomic mass is 9.70. The first-order valence-electron chi connectivity index (χ1n) is 11.7. The largest absolute Gasteiger partial charge is 0.534 e. The molecule has 0 unspecified atom stereocenters. The van der Waals surface area contributed by atoms with Crippen molar-refractivity contribution in [2.75, 3.05) is 13.1 Å². The Bertz CT molecular complexity index is 1190. The number of alkyl halides is 3. The van der Waals surface area contributed by atoms with Gasteiger partial charge >= 0.3 is 15.6 Å². The van der Waals surface area contributed by atoms with E-state index in [9.17, 15) is 21.6 Å². The maximum Gasteiger partial charge on any atom is 0.534 e. The van der Waals surface area contributed by atoms with Crippen molar-refractivity contribution in [2.24, 2.45) is 5.41 Å². The van der Waals surface area contributed by atoms with Gasteiger partial charge in [-0.1, -0.05) is 56.8 Å². The number of allylic oxidation sites excluding steroid dienone is 4. The second-order valence-electron chi connectivity index (χ2n) is 8.39. The van der Waals surface area contributed by atoms with E-state index in [1.165, 1.54) is 12.1 Å². The highest BCUT2D eigenvalue weighted by atomic mass is 127. The highest BCUT2D eigenvalue weighted by Gasteiger charge is 2.48. The fraction of sp³-hybridized carbons (Fsp3) is 0.333. The van der Waals surface area contributed by atoms with Crippen LogP contribution in [0.1, 0.15) is 31.9 Å². The van der Waals surface area contributed by atoms with Crippen LogP contribution in [0.4, 0.5) is 13.2 Å². The van der Waals surface area contributed by atoms with Crippen molar-refractivity contribution in [3.05, 3.63) is 96.2 Å². The summed E-state index contributed by atoms with van der Waals surface area (Å²) >= 11 is 1.83. The highest BCUT2D eigenvalue weighted by molar-refractivity contribution is 14.1. The van der Waals surface area contributed by atoms with E-state index in [1.807, 2.05) is 86.3 Å². The number of likely N-dealkylation sites (tertiary alicyclic amines) is 1. The standard InChI is InChI=1S/C25H25F3INO4S.C2H6/c1-3-5-21(6-4-2)30-17-24(18-30,15-19-7-11-22(33-29)12-8-19)16-20-9-13-23(14-10-20)34-35(31,32)25(26,27)28;1-2/h3-14H,1,15-18H2,2H3;1-2H3/b6-4-,21-5+;. The number of nitrogens with zero attached hydrogens (tertiary/aromatic N) is 1. The van der Waals surface area contributed by atoms with Crippen molar-refractivity contribution < 1.29 is 28.8 Å². The minimum atomic E-state index is -5.70. The summed E-state index contributed by atoms with van der Waals surface area (Å²) in [5, 5.41) is 0. The molecule has 10 heteroatoms. The first kappa shape index (κ1) is 30.8. The minimum Gasteiger partial charge on any atom is -0.428 e. The summed E-state index contributed by atoms with van der Waals surface area (Å²) in [6.45, 7) is 11.3. The molecule has 5 nitrogen and oxygen atoms in total. The summed E-state index contributed by atoms with van der Waals surface area (Å²) in [5.74, 6) is 0.376. The van der Waals surface area contributed by atoms with Gasteiger partial charge in [-0.05, 0) is 67.3 Å². The fourth-order valence-electron chi connectivity index (χ4n) is 4.15. The van der Waals surface area contributed by atoms with E-state index in [0.717, 1.165) is 42.1 Å². The van der Waals surface area contributed by atoms with Crippen LogP contribution in [0.5, 0.6) is 11.5 Å². The van der Waals surface area contributed by atoms with Crippen molar-refractivity contribution in [1.29, 1.82) is 0 Å². The second kappa shape index (κ2) is 13.4. The molecule has 1 fully saturated rings. The summed E-state index contributed by atoms with van der Waals surface area (Å²) in [5.41, 5.74) is -2.55. The van der Waals surface area contributed by atoms with Crippen LogP contribution < -0.4 is 7.25 Å². The minimum absolute atomic E-state index is 0.130. The third-order valence-electron chi connectivity index (χ3n) is 5.63. The molecule has 2 aromatic rings. The molecule has 3 rings (SSSR count). The molecule has 1 heterocycles. The second-order valence-corrected chi connectivity index (χ2v) is 10.4. The number of rotatable bonds is 10. The SMILES string of the molecule is C=C/C=C(\C=C/C)N1CC(Cc2ccc(OI)cc2)(Cc2ccc(OS(=O)(=O)C(F)(F)F)cc2)C1.CC. The van der Waals surface area contributed by atoms with Gasteiger partial charge in [0.2, 0.25) is 0 Å². The molecule has 202 valence electrons. The van der Waals surface area contributed by atoms with Gasteiger partial charge in [-0.15, -0.1) is 0 Å². The number of halogens is 4. The predicted octanol–water partition coefficient (Wildman–Crippen LogP) is 7.40. The molecule has 1 aliphatic rings. The van der Waals surface area contributed by atoms with Gasteiger partial charge in [-0.2, -0.15) is 21.6 Å². The van der Waals surface area contributed by atoms with Gasteiger partial charge in [-0.25, -0.2) is 0 Å². The summed E-state index contributed by atoms with van der Waals surface area (Å²) in [6.07, 6.45) is 9.10. The van der Waals surface area contributed by atoms with E-state index in [1.54, 1.807) is 18.2 Å². The zero-order chi connectivity index (χ0) is 27.7. The van der Waals surface area contributed by atoms with E-state index in [2.05, 4.69) is 15.7 Å². The fourth-order valence-corrected chi connectivity index (χ4v) is 4.90. The van der Waals surface area contributed by atoms with Crippen LogP contribution in [0.25, 0.3) is 0 Å². The van der Waals surface area contributed by atoms with Crippen molar-refractivity contribution in [3.63, 3.8) is 0 Å². The van der Waals surface area contributed by atoms with Crippen LogP contribution in [0.3, 0.4) is 0 Å². The molecule has 0 aliphatic carbocycles. The first-order chi connectivity index (χ1) is 17.5. The Kier molecular flexibility index (Phi) is 11.1. The molecule has 0 saturated carbocycles. The maximum absolute atomic E-state index is 12.6. The Labute approximate surface area is 231 Å². The molecule has 0 atom stereocenters. The van der Waals surface area contributed by atoms with Gasteiger partial charge in [0.15, 0.2) is 23.0 Å². The average molecular weight is 650 g/mol. The third-order valence-corrected chi connectivity index (χ3v) is 7.11. The van der Waals surface area contributed by atoms with E-state index in [0.29, 0.717) is 6.42 Å². The molecular weight excluding hydrogens is 618 g/mol. The normalized spacial score (nSPS) is 15.4. The molecule has 0 aromatic heterocycles. The quantitative estimate of drug-likeness (QED) is 0.116. The van der Waals surface area contributed by atoms with Crippen LogP contribution >= 0.6 is 23.0 Å². The van der Waals surface area contributed by atoms with Crippen molar-refractivity contribution in [1.82, 2.24) is 4.90 Å². The summed E-state index contributed by atoms with van der Waals surface area (Å²) in [4.78, 5) is 2.25. The Morgan fingerprint density at radius 2 is 1.51 bits per heavy atom. The summed E-state index contributed by atoms with van der Waals surface area (Å²) < 4.78 is 69.8. The van der Waals surface area contributed by atoms with Gasteiger partial charge in [0.1, 0.15) is 11.5 Å². The zero-order valence-electron chi connectivity index (χ0n) is 21.0. The van der Waals surface area contributed by atoms with Crippen molar-refractivity contribution in [2.45, 2.75) is 39.1 Å². The van der Waals surface area contributed by atoms with Gasteiger partial charge in [-0.3, -0.25) is 0 Å². The summed E-state index contributed by atoms with van der Waals surface area (Å²) in [6, 6.07) is 13.5. The topological polar surface area (TPSA) is 55.8 Å². The van der Waals surface area contributed by atoms with Crippen LogP contribution in [0.15, 0.2) is 85.1 Å². The molecule has 37 heavy (non-hydrogen) atoms. The van der Waals surface area contributed by atoms with E-state index >= 15 is 0 Å². The number of benzene rings is 2. The molecule has 0 spiro atoms. The smallest absolute Gasteiger partial charge is 0.428 e. The van der Waals surface area contributed by atoms with E-state index in [4.69, 9.17) is 3.07 Å². The van der Waals surface area contributed by atoms with Gasteiger partial charge in [0.25, 0.3) is 0 Å². The zero-order valence-corrected chi connectivity index (χ0v) is 23.9. The van der Waals surface area contributed by atoms with E-state index in [-0.39, 0.29) is 11.2 Å². The van der Waals surface area contributed by atoms with Crippen molar-refractivity contribution >= 4 is 33.1 Å². The molecule has 0 bridgehead atoms. The lowest BCUT2D eigenvalue weighted by molar-refractivity contribution is -0.0500. The highest BCUT2D eigenvalue weighted by Crippen LogP contribution is 2.40. The molecule has 2 aromatic carbocycles. The third kappa shape index (κ3) is 8.26. The van der Waals surface area contributed by atoms with Crippen molar-refractivity contribution in [3.8, 4) is 11.5 Å². The van der Waals surface area contributed by atoms with Gasteiger partial charge < -0.3 is 12.1 Å². The van der Waals surface area contributed by atoms with Crippen LogP contribution in [-0.2, 0) is 23.0 Å². The lowest BCUT2D eigenvalue weighted by Crippen LogP contribution is -2.57. The van der Waals surface area contributed by atoms with Crippen LogP contribution in [-0.4, -0.2) is 31.9 Å². The molecule has 0 N–H and O–H groups in total. The maximum atomic E-state index is 12.6. The Morgan fingerprint density at radius 1 is 1.03 bits per heavy atom. The molecule has 0 radical (unpaired) electrons. The molecule has 1 saturated heterocycles. The van der Waals surface area contributed by atoms with E-state index < -0.39 is 15.6 Å². The lowest BCUT2D eigenvalue weighted by Gasteiger charge is -2.52. The Hall–Kier alpha value is -2.47. The monoisotopic (exact) mass is 649 g/mol. The van der Waals surface area contributed by atoms with Crippen LogP contribution in [0.2, 0.25) is 0 Å². The van der Waals surface area contributed by atoms with Gasteiger partial charge in [0.05, 0.1) is 0 Å². The molecule has 0 amide bonds. The van der Waals surface area contributed by atoms with Crippen LogP contribution in [0, 0.1) is 5.41 Å². The molecule has 1 aliphatic heterocycles. The average Bonchev–Trinajstić information content (AvgIpc) is 2.84. The Morgan fingerprint density at radius 3 is 1.92 bits per heavy atom. The number of hydrogen-bond donors (Lipinski definition) is 0. The van der Waals surface area contributed by atoms with Gasteiger partial charge in [0, 0.05) is 24.2 Å². The Balaban J connectivity index is 0.00000235. The first-order valence-corrected chi connectivity index (χ1v) is 14.0.